The van der Waals surface area contributed by atoms with E-state index < -0.39 is 84.0 Å². The van der Waals surface area contributed by atoms with Crippen LogP contribution in [-0.2, 0) is 49.3 Å². The third-order valence-corrected chi connectivity index (χ3v) is 6.80. The molecule has 45 heavy (non-hydrogen) atoms. The fourth-order valence-electron chi connectivity index (χ4n) is 5.00. The van der Waals surface area contributed by atoms with Gasteiger partial charge in [0.2, 0.25) is 0 Å². The highest BCUT2D eigenvalue weighted by atomic mass is 16.7. The van der Waals surface area contributed by atoms with E-state index in [1.807, 2.05) is 0 Å². The van der Waals surface area contributed by atoms with E-state index in [0.717, 1.165) is 27.7 Å². The van der Waals surface area contributed by atoms with Gasteiger partial charge in [-0.05, 0) is 36.2 Å². The average Bonchev–Trinajstić information content (AvgIpc) is 2.95. The summed E-state index contributed by atoms with van der Waals surface area (Å²) in [5.41, 5.74) is 0.272. The summed E-state index contributed by atoms with van der Waals surface area (Å²) in [6.07, 6.45) is -7.20. The molecule has 2 aromatic carbocycles. The largest absolute Gasteiger partial charge is 0.507 e. The predicted octanol–water partition coefficient (Wildman–Crippen LogP) is 2.24. The van der Waals surface area contributed by atoms with Crippen LogP contribution >= 0.6 is 0 Å². The topological polar surface area (TPSA) is 193 Å². The Bertz CT molecular complexity index is 1420. The van der Waals surface area contributed by atoms with Crippen LogP contribution in [0.5, 0.6) is 17.2 Å². The molecule has 5 atom stereocenters. The van der Waals surface area contributed by atoms with Gasteiger partial charge >= 0.3 is 23.9 Å². The standard InChI is InChI=1S/C31H37NO13/c1-7-32-31(39)24-25(37)20(12-19-8-10-21(40-6)11-9-19)13-22(26(24)38)27-29(43-17(4)35)30(44-18(5)36)28(42-16(3)34)23(45-27)14-41-15(2)33/h8-11,13,23,27-30,37-38H,7,12,14H2,1-6H3,(H,32,39)/t23-,27+,28-,29+,30+/m1/s1. The van der Waals surface area contributed by atoms with Crippen LogP contribution in [0, 0.1) is 0 Å². The van der Waals surface area contributed by atoms with E-state index in [4.69, 9.17) is 28.4 Å². The van der Waals surface area contributed by atoms with Gasteiger partial charge in [0.05, 0.1) is 7.11 Å². The van der Waals surface area contributed by atoms with Crippen molar-refractivity contribution in [3.05, 3.63) is 52.6 Å². The molecular weight excluding hydrogens is 594 g/mol. The van der Waals surface area contributed by atoms with Gasteiger partial charge in [0.25, 0.3) is 5.91 Å². The summed E-state index contributed by atoms with van der Waals surface area (Å²) in [7, 11) is 1.51. The van der Waals surface area contributed by atoms with Crippen molar-refractivity contribution < 1.29 is 62.6 Å². The van der Waals surface area contributed by atoms with Gasteiger partial charge in [-0.3, -0.25) is 24.0 Å². The predicted molar refractivity (Wildman–Crippen MR) is 154 cm³/mol. The van der Waals surface area contributed by atoms with Crippen molar-refractivity contribution in [2.75, 3.05) is 20.3 Å². The molecule has 244 valence electrons. The first-order valence-electron chi connectivity index (χ1n) is 14.1. The molecule has 1 fully saturated rings. The first-order valence-corrected chi connectivity index (χ1v) is 14.1. The Labute approximate surface area is 259 Å². The fourth-order valence-corrected chi connectivity index (χ4v) is 5.00. The first kappa shape index (κ1) is 34.6. The number of carbonyl (C=O) groups is 5. The second-order valence-electron chi connectivity index (χ2n) is 10.2. The van der Waals surface area contributed by atoms with Crippen LogP contribution in [0.25, 0.3) is 0 Å². The highest BCUT2D eigenvalue weighted by Gasteiger charge is 2.53. The molecule has 0 spiro atoms. The molecule has 0 radical (unpaired) electrons. The Morgan fingerprint density at radius 3 is 1.93 bits per heavy atom. The Morgan fingerprint density at radius 2 is 1.40 bits per heavy atom. The maximum Gasteiger partial charge on any atom is 0.303 e. The Hall–Kier alpha value is -4.85. The molecule has 14 heteroatoms. The number of carbonyl (C=O) groups excluding carboxylic acids is 5. The van der Waals surface area contributed by atoms with Gasteiger partial charge in [0, 0.05) is 46.2 Å². The molecule has 0 unspecified atom stereocenters. The van der Waals surface area contributed by atoms with Crippen molar-refractivity contribution >= 4 is 29.8 Å². The lowest BCUT2D eigenvalue weighted by molar-refractivity contribution is -0.254. The van der Waals surface area contributed by atoms with E-state index in [-0.39, 0.29) is 24.1 Å². The van der Waals surface area contributed by atoms with E-state index in [2.05, 4.69) is 5.32 Å². The molecule has 1 saturated heterocycles. The van der Waals surface area contributed by atoms with Crippen LogP contribution in [0.1, 0.15) is 67.8 Å². The number of phenols is 2. The van der Waals surface area contributed by atoms with Gasteiger partial charge in [-0.2, -0.15) is 0 Å². The molecule has 0 aromatic heterocycles. The summed E-state index contributed by atoms with van der Waals surface area (Å²) in [6, 6.07) is 8.25. The van der Waals surface area contributed by atoms with Crippen molar-refractivity contribution in [3.8, 4) is 17.2 Å². The van der Waals surface area contributed by atoms with Crippen LogP contribution in [0.15, 0.2) is 30.3 Å². The van der Waals surface area contributed by atoms with E-state index >= 15 is 0 Å². The molecule has 3 N–H and O–H groups in total. The summed E-state index contributed by atoms with van der Waals surface area (Å²) in [5, 5.41) is 25.2. The summed E-state index contributed by atoms with van der Waals surface area (Å²) in [5.74, 6) is -4.62. The van der Waals surface area contributed by atoms with Crippen LogP contribution in [-0.4, -0.2) is 84.7 Å². The zero-order chi connectivity index (χ0) is 33.4. The van der Waals surface area contributed by atoms with Gasteiger partial charge in [0.1, 0.15) is 41.6 Å². The number of nitrogens with one attached hydrogen (secondary N) is 1. The third-order valence-electron chi connectivity index (χ3n) is 6.80. The number of aromatic hydroxyl groups is 2. The minimum Gasteiger partial charge on any atom is -0.507 e. The smallest absolute Gasteiger partial charge is 0.303 e. The van der Waals surface area contributed by atoms with Crippen molar-refractivity contribution in [3.63, 3.8) is 0 Å². The minimum absolute atomic E-state index is 0.0702. The molecule has 14 nitrogen and oxygen atoms in total. The summed E-state index contributed by atoms with van der Waals surface area (Å²) in [6.45, 7) is 5.72. The van der Waals surface area contributed by atoms with E-state index in [0.29, 0.717) is 11.3 Å². The maximum atomic E-state index is 13.1. The SMILES string of the molecule is CCNC(=O)c1c(O)c(Cc2ccc(OC)cc2)cc([C@@H]2O[C@H](COC(C)=O)[C@@H](OC(C)=O)[C@H](OC(C)=O)[C@H]2OC(C)=O)c1O. The van der Waals surface area contributed by atoms with Crippen LogP contribution in [0.4, 0.5) is 0 Å². The quantitative estimate of drug-likeness (QED) is 0.242. The van der Waals surface area contributed by atoms with Crippen molar-refractivity contribution in [1.29, 1.82) is 0 Å². The molecule has 0 bridgehead atoms. The number of ether oxygens (including phenoxy) is 6. The van der Waals surface area contributed by atoms with Crippen LogP contribution < -0.4 is 10.1 Å². The monoisotopic (exact) mass is 631 g/mol. The lowest BCUT2D eigenvalue weighted by Gasteiger charge is -2.44. The van der Waals surface area contributed by atoms with E-state index in [1.165, 1.54) is 13.2 Å². The van der Waals surface area contributed by atoms with Crippen molar-refractivity contribution in [2.24, 2.45) is 0 Å². The molecule has 0 saturated carbocycles. The fraction of sp³-hybridized carbons (Fsp3) is 0.452. The van der Waals surface area contributed by atoms with E-state index in [1.54, 1.807) is 31.2 Å². The van der Waals surface area contributed by atoms with Gasteiger partial charge < -0.3 is 44.0 Å². The number of amides is 1. The summed E-state index contributed by atoms with van der Waals surface area (Å²) >= 11 is 0. The Morgan fingerprint density at radius 1 is 0.822 bits per heavy atom. The minimum atomic E-state index is -1.55. The highest BCUT2D eigenvalue weighted by molar-refractivity contribution is 6.00. The van der Waals surface area contributed by atoms with Crippen molar-refractivity contribution in [2.45, 2.75) is 71.6 Å². The first-order chi connectivity index (χ1) is 21.3. The van der Waals surface area contributed by atoms with Gasteiger partial charge in [-0.15, -0.1) is 0 Å². The molecule has 1 heterocycles. The number of hydrogen-bond donors (Lipinski definition) is 3. The van der Waals surface area contributed by atoms with Gasteiger partial charge in [-0.1, -0.05) is 12.1 Å². The number of benzene rings is 2. The number of methoxy groups -OCH3 is 1. The van der Waals surface area contributed by atoms with Crippen LogP contribution in [0.3, 0.4) is 0 Å². The van der Waals surface area contributed by atoms with Crippen molar-refractivity contribution in [1.82, 2.24) is 5.32 Å². The molecule has 3 rings (SSSR count). The molecule has 2 aromatic rings. The Kier molecular flexibility index (Phi) is 11.7. The number of rotatable bonds is 11. The van der Waals surface area contributed by atoms with Gasteiger partial charge in [0.15, 0.2) is 18.3 Å². The molecule has 1 amide bonds. The number of hydrogen-bond acceptors (Lipinski definition) is 13. The lowest BCUT2D eigenvalue weighted by Crippen LogP contribution is -2.59. The Balaban J connectivity index is 2.28. The highest BCUT2D eigenvalue weighted by Crippen LogP contribution is 2.45. The molecule has 1 aliphatic rings. The van der Waals surface area contributed by atoms with Crippen LogP contribution in [0.2, 0.25) is 0 Å². The lowest BCUT2D eigenvalue weighted by atomic mass is 9.87. The second-order valence-corrected chi connectivity index (χ2v) is 10.2. The molecule has 0 aliphatic carbocycles. The zero-order valence-electron chi connectivity index (χ0n) is 25.8. The zero-order valence-corrected chi connectivity index (χ0v) is 25.8. The van der Waals surface area contributed by atoms with E-state index in [9.17, 15) is 34.2 Å². The van der Waals surface area contributed by atoms with Gasteiger partial charge in [-0.25, -0.2) is 0 Å². The number of phenolic OH excluding ortho intramolecular Hbond substituents is 2. The summed E-state index contributed by atoms with van der Waals surface area (Å²) < 4.78 is 33.0. The summed E-state index contributed by atoms with van der Waals surface area (Å²) in [4.78, 5) is 61.5. The molecular formula is C31H37NO13. The second kappa shape index (κ2) is 15.2. The molecule has 1 aliphatic heterocycles. The normalized spacial score (nSPS) is 20.8. The number of esters is 4. The maximum absolute atomic E-state index is 13.1. The average molecular weight is 632 g/mol. The third kappa shape index (κ3) is 8.62.